The quantitative estimate of drug-likeness (QED) is 0.681. The van der Waals surface area contributed by atoms with E-state index in [1.807, 2.05) is 0 Å². The third-order valence-electron chi connectivity index (χ3n) is 5.88. The van der Waals surface area contributed by atoms with E-state index in [1.54, 1.807) is 0 Å². The molecular weight excluding hydrogens is 278 g/mol. The molecule has 1 saturated carbocycles. The second kappa shape index (κ2) is 6.49. The summed E-state index contributed by atoms with van der Waals surface area (Å²) in [5.41, 5.74) is 2.87. The minimum atomic E-state index is 0.416. The number of hydrogen-bond acceptors (Lipinski definition) is 1. The van der Waals surface area contributed by atoms with E-state index >= 15 is 0 Å². The van der Waals surface area contributed by atoms with Crippen molar-refractivity contribution < 1.29 is 0 Å². The van der Waals surface area contributed by atoms with Crippen LogP contribution in [0.1, 0.15) is 56.2 Å². The molecule has 1 heterocycles. The molecule has 3 atom stereocenters. The fraction of sp³-hybridized carbons (Fsp3) is 0.455. The van der Waals surface area contributed by atoms with Crippen molar-refractivity contribution in [3.8, 4) is 0 Å². The molecule has 1 saturated heterocycles. The lowest BCUT2D eigenvalue weighted by Crippen LogP contribution is -2.20. The van der Waals surface area contributed by atoms with Gasteiger partial charge in [0.25, 0.3) is 0 Å². The SMILES string of the molecule is C[C@H]1[C@@H](C2CCCCC2)N1C(c1ccccc1)c1ccccc1. The van der Waals surface area contributed by atoms with E-state index in [9.17, 15) is 0 Å². The van der Waals surface area contributed by atoms with Gasteiger partial charge in [0.2, 0.25) is 0 Å². The lowest BCUT2D eigenvalue weighted by atomic mass is 9.85. The van der Waals surface area contributed by atoms with Crippen LogP contribution < -0.4 is 0 Å². The summed E-state index contributed by atoms with van der Waals surface area (Å²) in [6.07, 6.45) is 7.17. The molecule has 0 N–H and O–H groups in total. The van der Waals surface area contributed by atoms with Gasteiger partial charge in [0, 0.05) is 12.1 Å². The van der Waals surface area contributed by atoms with Gasteiger partial charge >= 0.3 is 0 Å². The van der Waals surface area contributed by atoms with Crippen molar-refractivity contribution in [1.29, 1.82) is 0 Å². The molecule has 2 aliphatic rings. The van der Waals surface area contributed by atoms with Crippen molar-refractivity contribution in [1.82, 2.24) is 4.90 Å². The zero-order valence-electron chi connectivity index (χ0n) is 14.1. The van der Waals surface area contributed by atoms with Crippen molar-refractivity contribution in [3.63, 3.8) is 0 Å². The Bertz CT molecular complexity index is 575. The van der Waals surface area contributed by atoms with Crippen LogP contribution in [0.5, 0.6) is 0 Å². The lowest BCUT2D eigenvalue weighted by molar-refractivity contribution is 0.294. The Balaban J connectivity index is 1.64. The van der Waals surface area contributed by atoms with Gasteiger partial charge < -0.3 is 0 Å². The summed E-state index contributed by atoms with van der Waals surface area (Å²) >= 11 is 0. The molecule has 2 aromatic carbocycles. The molecular formula is C22H27N. The Kier molecular flexibility index (Phi) is 4.22. The van der Waals surface area contributed by atoms with Gasteiger partial charge in [-0.05, 0) is 36.8 Å². The van der Waals surface area contributed by atoms with Crippen LogP contribution in [0.15, 0.2) is 60.7 Å². The molecule has 1 aliphatic heterocycles. The molecule has 0 spiro atoms. The number of benzene rings is 2. The molecule has 2 fully saturated rings. The molecule has 1 heteroatoms. The van der Waals surface area contributed by atoms with Crippen LogP contribution in [-0.2, 0) is 0 Å². The Labute approximate surface area is 140 Å². The van der Waals surface area contributed by atoms with Crippen molar-refractivity contribution in [2.45, 2.75) is 57.2 Å². The third-order valence-corrected chi connectivity index (χ3v) is 5.88. The van der Waals surface area contributed by atoms with Crippen molar-refractivity contribution in [3.05, 3.63) is 71.8 Å². The van der Waals surface area contributed by atoms with Crippen LogP contribution in [0, 0.1) is 5.92 Å². The predicted octanol–water partition coefficient (Wildman–Crippen LogP) is 5.43. The summed E-state index contributed by atoms with van der Waals surface area (Å²) in [7, 11) is 0. The van der Waals surface area contributed by atoms with Crippen LogP contribution in [0.25, 0.3) is 0 Å². The maximum Gasteiger partial charge on any atom is 0.0608 e. The molecule has 1 nitrogen and oxygen atoms in total. The van der Waals surface area contributed by atoms with Gasteiger partial charge in [0.05, 0.1) is 6.04 Å². The molecule has 4 rings (SSSR count). The van der Waals surface area contributed by atoms with Crippen molar-refractivity contribution >= 4 is 0 Å². The first kappa shape index (κ1) is 15.0. The summed E-state index contributed by atoms with van der Waals surface area (Å²) in [6.45, 7) is 2.43. The maximum atomic E-state index is 2.76. The highest BCUT2D eigenvalue weighted by molar-refractivity contribution is 5.34. The molecule has 0 radical (unpaired) electrons. The Morgan fingerprint density at radius 1 is 0.783 bits per heavy atom. The first-order valence-electron chi connectivity index (χ1n) is 9.23. The van der Waals surface area contributed by atoms with Gasteiger partial charge in [-0.2, -0.15) is 0 Å². The first-order chi connectivity index (χ1) is 11.4. The molecule has 23 heavy (non-hydrogen) atoms. The topological polar surface area (TPSA) is 3.01 Å². The minimum Gasteiger partial charge on any atom is -0.283 e. The molecule has 1 unspecified atom stereocenters. The lowest BCUT2D eigenvalue weighted by Gasteiger charge is -2.25. The second-order valence-electron chi connectivity index (χ2n) is 7.30. The summed E-state index contributed by atoms with van der Waals surface area (Å²) in [5.74, 6) is 0.911. The molecule has 0 aromatic heterocycles. The van der Waals surface area contributed by atoms with E-state index < -0.39 is 0 Å². The number of hydrogen-bond donors (Lipinski definition) is 0. The normalized spacial score (nSPS) is 28.0. The summed E-state index contributed by atoms with van der Waals surface area (Å²) in [6, 6.07) is 24.0. The molecule has 0 bridgehead atoms. The summed E-state index contributed by atoms with van der Waals surface area (Å²) < 4.78 is 0. The highest BCUT2D eigenvalue weighted by Crippen LogP contribution is 2.48. The Morgan fingerprint density at radius 3 is 1.83 bits per heavy atom. The fourth-order valence-corrected chi connectivity index (χ4v) is 4.72. The van der Waals surface area contributed by atoms with Crippen LogP contribution in [0.2, 0.25) is 0 Å². The van der Waals surface area contributed by atoms with Gasteiger partial charge in [-0.1, -0.05) is 79.9 Å². The smallest absolute Gasteiger partial charge is 0.0608 e. The van der Waals surface area contributed by atoms with Gasteiger partial charge in [-0.3, -0.25) is 4.90 Å². The minimum absolute atomic E-state index is 0.416. The van der Waals surface area contributed by atoms with E-state index in [4.69, 9.17) is 0 Å². The zero-order chi connectivity index (χ0) is 15.6. The van der Waals surface area contributed by atoms with E-state index in [2.05, 4.69) is 72.5 Å². The van der Waals surface area contributed by atoms with Crippen LogP contribution in [-0.4, -0.2) is 17.0 Å². The number of rotatable bonds is 4. The second-order valence-corrected chi connectivity index (χ2v) is 7.30. The highest BCUT2D eigenvalue weighted by Gasteiger charge is 2.52. The standard InChI is InChI=1S/C22H27N/c1-17-21(18-11-5-2-6-12-18)23(17)22(19-13-7-3-8-14-19)20-15-9-4-10-16-20/h3-4,7-10,13-18,21-22H,2,5-6,11-12H2,1H3/t17-,21-,23?/m0/s1. The van der Waals surface area contributed by atoms with E-state index in [0.29, 0.717) is 12.1 Å². The van der Waals surface area contributed by atoms with E-state index in [1.165, 1.54) is 43.2 Å². The number of nitrogens with zero attached hydrogens (tertiary/aromatic N) is 1. The largest absolute Gasteiger partial charge is 0.283 e. The average molecular weight is 305 g/mol. The van der Waals surface area contributed by atoms with Crippen molar-refractivity contribution in [2.24, 2.45) is 5.92 Å². The Morgan fingerprint density at radius 2 is 1.30 bits per heavy atom. The monoisotopic (exact) mass is 305 g/mol. The Hall–Kier alpha value is -1.60. The average Bonchev–Trinajstić information content (AvgIpc) is 3.28. The highest BCUT2D eigenvalue weighted by atomic mass is 15.4. The van der Waals surface area contributed by atoms with Gasteiger partial charge in [-0.25, -0.2) is 0 Å². The summed E-state index contributed by atoms with van der Waals surface area (Å²) in [5, 5.41) is 0. The van der Waals surface area contributed by atoms with Crippen LogP contribution in [0.3, 0.4) is 0 Å². The van der Waals surface area contributed by atoms with Gasteiger partial charge in [-0.15, -0.1) is 0 Å². The van der Waals surface area contributed by atoms with E-state index in [0.717, 1.165) is 12.0 Å². The van der Waals surface area contributed by atoms with Crippen LogP contribution in [0.4, 0.5) is 0 Å². The molecule has 120 valence electrons. The van der Waals surface area contributed by atoms with Gasteiger partial charge in [0.1, 0.15) is 0 Å². The van der Waals surface area contributed by atoms with E-state index in [-0.39, 0.29) is 0 Å². The summed E-state index contributed by atoms with van der Waals surface area (Å²) in [4.78, 5) is 2.76. The third kappa shape index (κ3) is 2.95. The predicted molar refractivity (Wildman–Crippen MR) is 96.4 cm³/mol. The first-order valence-corrected chi connectivity index (χ1v) is 9.23. The maximum absolute atomic E-state index is 2.76. The van der Waals surface area contributed by atoms with Crippen molar-refractivity contribution in [2.75, 3.05) is 0 Å². The fourth-order valence-electron chi connectivity index (χ4n) is 4.72. The zero-order valence-corrected chi connectivity index (χ0v) is 14.1. The molecule has 1 aliphatic carbocycles. The van der Waals surface area contributed by atoms with Crippen LogP contribution >= 0.6 is 0 Å². The molecule has 0 amide bonds. The molecule has 2 aromatic rings. The van der Waals surface area contributed by atoms with Gasteiger partial charge in [0.15, 0.2) is 0 Å².